The van der Waals surface area contributed by atoms with Crippen molar-refractivity contribution >= 4 is 32.0 Å². The van der Waals surface area contributed by atoms with Crippen LogP contribution in [0.4, 0.5) is 13.2 Å². The van der Waals surface area contributed by atoms with Gasteiger partial charge in [0, 0.05) is 0 Å². The van der Waals surface area contributed by atoms with Gasteiger partial charge in [0.2, 0.25) is 8.32 Å². The minimum absolute atomic E-state index is 0.103. The first kappa shape index (κ1) is 18.3. The van der Waals surface area contributed by atoms with Gasteiger partial charge < -0.3 is 9.74 Å². The van der Waals surface area contributed by atoms with E-state index in [1.807, 2.05) is 0 Å². The molecule has 1 atom stereocenters. The molecule has 0 aromatic rings. The Kier molecular flexibility index (Phi) is 6.91. The third-order valence-corrected chi connectivity index (χ3v) is 3.32. The number of halogens is 3. The largest absolute Gasteiger partial charge is 0.518 e. The van der Waals surface area contributed by atoms with Crippen molar-refractivity contribution in [3.63, 3.8) is 0 Å². The molecule has 0 heterocycles. The fourth-order valence-corrected chi connectivity index (χ4v) is 2.31. The van der Waals surface area contributed by atoms with Crippen molar-refractivity contribution in [2.45, 2.75) is 38.3 Å². The minimum Gasteiger partial charge on any atom is -0.518 e. The highest BCUT2D eigenvalue weighted by Crippen LogP contribution is 2.16. The van der Waals surface area contributed by atoms with Gasteiger partial charge in [-0.05, 0) is 38.1 Å². The van der Waals surface area contributed by atoms with Crippen molar-refractivity contribution in [2.75, 3.05) is 12.0 Å². The molecule has 0 aliphatic carbocycles. The number of amides is 1. The molecule has 19 heavy (non-hydrogen) atoms. The average molecular weight is 317 g/mol. The summed E-state index contributed by atoms with van der Waals surface area (Å²) < 4.78 is 41.6. The normalized spacial score (nSPS) is 13.8. The average Bonchev–Trinajstić information content (AvgIpc) is 2.19. The molecule has 1 unspecified atom stereocenters. The van der Waals surface area contributed by atoms with Crippen LogP contribution in [0.5, 0.6) is 0 Å². The maximum Gasteiger partial charge on any atom is 0.471 e. The predicted octanol–water partition coefficient (Wildman–Crippen LogP) is 2.16. The van der Waals surface area contributed by atoms with E-state index in [0.717, 1.165) is 0 Å². The number of rotatable bonds is 6. The summed E-state index contributed by atoms with van der Waals surface area (Å²) in [5.41, 5.74) is 0. The van der Waals surface area contributed by atoms with Crippen molar-refractivity contribution in [3.05, 3.63) is 0 Å². The Morgan fingerprint density at radius 3 is 2.21 bits per heavy atom. The Morgan fingerprint density at radius 2 is 1.84 bits per heavy atom. The predicted molar refractivity (Wildman–Crippen MR) is 70.4 cm³/mol. The van der Waals surface area contributed by atoms with E-state index in [2.05, 4.69) is 0 Å². The first-order valence-electron chi connectivity index (χ1n) is 5.57. The summed E-state index contributed by atoms with van der Waals surface area (Å²) in [5, 5.41) is 1.68. The molecule has 1 amide bonds. The van der Waals surface area contributed by atoms with E-state index in [0.29, 0.717) is 5.75 Å². The van der Waals surface area contributed by atoms with Gasteiger partial charge >= 0.3 is 18.1 Å². The third-order valence-electron chi connectivity index (χ3n) is 1.86. The van der Waals surface area contributed by atoms with Crippen LogP contribution in [0, 0.1) is 0 Å². The molecule has 0 rings (SSSR count). The summed E-state index contributed by atoms with van der Waals surface area (Å²) in [6.07, 6.45) is -3.14. The number of hydrogen-bond acceptors (Lipinski definition) is 4. The molecule has 9 heteroatoms. The molecule has 0 aromatic heterocycles. The van der Waals surface area contributed by atoms with Crippen molar-refractivity contribution in [1.29, 1.82) is 0 Å². The number of carbonyl (C=O) groups is 2. The van der Waals surface area contributed by atoms with Crippen LogP contribution in [-0.2, 0) is 14.0 Å². The second-order valence-corrected chi connectivity index (χ2v) is 10.3. The molecular formula is C10H18F3NO3SSi. The van der Waals surface area contributed by atoms with Crippen molar-refractivity contribution in [2.24, 2.45) is 0 Å². The molecule has 0 aliphatic rings. The Morgan fingerprint density at radius 1 is 1.32 bits per heavy atom. The molecule has 0 aromatic carbocycles. The first-order chi connectivity index (χ1) is 8.47. The fourth-order valence-electron chi connectivity index (χ4n) is 1.10. The number of nitrogens with one attached hydrogen (secondary N) is 1. The molecule has 0 aliphatic heterocycles. The van der Waals surface area contributed by atoms with E-state index < -0.39 is 32.4 Å². The molecule has 0 bridgehead atoms. The zero-order valence-electron chi connectivity index (χ0n) is 11.3. The molecule has 1 N–H and O–H groups in total. The SMILES string of the molecule is CSCCC(NC(=O)C(F)(F)F)C(=O)O[Si](C)(C)C. The van der Waals surface area contributed by atoms with Gasteiger partial charge in [-0.25, -0.2) is 0 Å². The maximum atomic E-state index is 12.2. The van der Waals surface area contributed by atoms with Crippen LogP contribution in [0.1, 0.15) is 6.42 Å². The van der Waals surface area contributed by atoms with Crippen molar-refractivity contribution < 1.29 is 27.2 Å². The molecule has 0 saturated carbocycles. The van der Waals surface area contributed by atoms with Gasteiger partial charge in [0.1, 0.15) is 6.04 Å². The van der Waals surface area contributed by atoms with E-state index in [1.54, 1.807) is 31.2 Å². The minimum atomic E-state index is -5.00. The maximum absolute atomic E-state index is 12.2. The van der Waals surface area contributed by atoms with Gasteiger partial charge in [-0.3, -0.25) is 9.59 Å². The zero-order chi connectivity index (χ0) is 15.3. The van der Waals surface area contributed by atoms with Gasteiger partial charge in [0.25, 0.3) is 0 Å². The lowest BCUT2D eigenvalue weighted by Crippen LogP contribution is -2.49. The highest BCUT2D eigenvalue weighted by Gasteiger charge is 2.41. The van der Waals surface area contributed by atoms with Crippen LogP contribution >= 0.6 is 11.8 Å². The quantitative estimate of drug-likeness (QED) is 0.763. The molecule has 4 nitrogen and oxygen atoms in total. The Balaban J connectivity index is 4.72. The highest BCUT2D eigenvalue weighted by atomic mass is 32.2. The molecule has 0 spiro atoms. The van der Waals surface area contributed by atoms with Crippen LogP contribution in [0.15, 0.2) is 0 Å². The van der Waals surface area contributed by atoms with Gasteiger partial charge in [0.15, 0.2) is 0 Å². The van der Waals surface area contributed by atoms with Gasteiger partial charge in [-0.1, -0.05) is 0 Å². The van der Waals surface area contributed by atoms with Gasteiger partial charge in [-0.15, -0.1) is 0 Å². The highest BCUT2D eigenvalue weighted by molar-refractivity contribution is 7.98. The van der Waals surface area contributed by atoms with Gasteiger partial charge in [0.05, 0.1) is 0 Å². The van der Waals surface area contributed by atoms with Gasteiger partial charge in [-0.2, -0.15) is 24.9 Å². The second-order valence-electron chi connectivity index (χ2n) is 4.84. The van der Waals surface area contributed by atoms with E-state index in [4.69, 9.17) is 4.43 Å². The lowest BCUT2D eigenvalue weighted by molar-refractivity contribution is -0.175. The lowest BCUT2D eigenvalue weighted by atomic mass is 10.2. The Hall–Kier alpha value is -0.703. The summed E-state index contributed by atoms with van der Waals surface area (Å²) in [7, 11) is -2.21. The van der Waals surface area contributed by atoms with E-state index >= 15 is 0 Å². The molecule has 0 saturated heterocycles. The first-order valence-corrected chi connectivity index (χ1v) is 10.4. The van der Waals surface area contributed by atoms with E-state index in [1.165, 1.54) is 11.8 Å². The standard InChI is InChI=1S/C10H18F3NO3SSi/c1-18-6-5-7(8(15)17-19(2,3)4)14-9(16)10(11,12)13/h7H,5-6H2,1-4H3,(H,14,16). The summed E-state index contributed by atoms with van der Waals surface area (Å²) in [6, 6.07) is -1.26. The van der Waals surface area contributed by atoms with Crippen LogP contribution < -0.4 is 5.32 Å². The Bertz CT molecular complexity index is 331. The molecule has 112 valence electrons. The topological polar surface area (TPSA) is 55.4 Å². The van der Waals surface area contributed by atoms with E-state index in [-0.39, 0.29) is 6.42 Å². The summed E-state index contributed by atoms with van der Waals surface area (Å²) in [5.74, 6) is -2.47. The fraction of sp³-hybridized carbons (Fsp3) is 0.800. The molecular weight excluding hydrogens is 299 g/mol. The Labute approximate surface area is 115 Å². The number of thioether (sulfide) groups is 1. The summed E-state index contributed by atoms with van der Waals surface area (Å²) in [4.78, 5) is 22.6. The summed E-state index contributed by atoms with van der Waals surface area (Å²) in [6.45, 7) is 5.21. The summed E-state index contributed by atoms with van der Waals surface area (Å²) >= 11 is 1.37. The number of carbonyl (C=O) groups excluding carboxylic acids is 2. The number of hydrogen-bond donors (Lipinski definition) is 1. The van der Waals surface area contributed by atoms with Crippen LogP contribution in [0.3, 0.4) is 0 Å². The van der Waals surface area contributed by atoms with Crippen molar-refractivity contribution in [3.8, 4) is 0 Å². The second kappa shape index (κ2) is 7.18. The smallest absolute Gasteiger partial charge is 0.471 e. The monoisotopic (exact) mass is 317 g/mol. The van der Waals surface area contributed by atoms with Crippen molar-refractivity contribution in [1.82, 2.24) is 5.32 Å². The van der Waals surface area contributed by atoms with Crippen LogP contribution in [-0.4, -0.2) is 44.4 Å². The lowest BCUT2D eigenvalue weighted by Gasteiger charge is -2.23. The number of alkyl halides is 3. The van der Waals surface area contributed by atoms with E-state index in [9.17, 15) is 22.8 Å². The zero-order valence-corrected chi connectivity index (χ0v) is 13.1. The molecule has 0 fully saturated rings. The molecule has 0 radical (unpaired) electrons. The van der Waals surface area contributed by atoms with Crippen LogP contribution in [0.25, 0.3) is 0 Å². The van der Waals surface area contributed by atoms with Crippen LogP contribution in [0.2, 0.25) is 19.6 Å². The third kappa shape index (κ3) is 8.14.